The molecule has 5 nitrogen and oxygen atoms in total. The van der Waals surface area contributed by atoms with Gasteiger partial charge in [-0.3, -0.25) is 15.0 Å². The normalized spacial score (nSPS) is 14.6. The molecule has 0 saturated carbocycles. The van der Waals surface area contributed by atoms with Gasteiger partial charge in [-0.1, -0.05) is 34.5 Å². The molecule has 1 aromatic rings. The number of benzene rings is 1. The smallest absolute Gasteiger partial charge is 0.318 e. The lowest BCUT2D eigenvalue weighted by atomic mass is 10.2. The van der Waals surface area contributed by atoms with Crippen molar-refractivity contribution in [2.45, 2.75) is 32.1 Å². The molecule has 0 heterocycles. The van der Waals surface area contributed by atoms with Gasteiger partial charge in [-0.05, 0) is 43.9 Å². The number of hydrogen-bond acceptors (Lipinski definition) is 3. The Kier molecular flexibility index (Phi) is 5.80. The van der Waals surface area contributed by atoms with Crippen molar-refractivity contribution in [1.29, 1.82) is 0 Å². The first-order valence-corrected chi connectivity index (χ1v) is 7.76. The van der Waals surface area contributed by atoms with Crippen LogP contribution in [-0.4, -0.2) is 11.8 Å². The minimum absolute atomic E-state index is 0.568. The van der Waals surface area contributed by atoms with Gasteiger partial charge in [0.2, 0.25) is 0 Å². The van der Waals surface area contributed by atoms with Crippen molar-refractivity contribution in [2.24, 2.45) is 0 Å². The Labute approximate surface area is 132 Å². The van der Waals surface area contributed by atoms with Crippen molar-refractivity contribution in [1.82, 2.24) is 10.9 Å². The van der Waals surface area contributed by atoms with Gasteiger partial charge >= 0.3 is 11.8 Å². The number of allylic oxidation sites excluding steroid dienone is 2. The Morgan fingerprint density at radius 2 is 1.95 bits per heavy atom. The number of anilines is 1. The molecule has 1 aromatic carbocycles. The summed E-state index contributed by atoms with van der Waals surface area (Å²) in [6.45, 7) is 0. The maximum atomic E-state index is 11.8. The lowest BCUT2D eigenvalue weighted by Gasteiger charge is -2.11. The highest BCUT2D eigenvalue weighted by molar-refractivity contribution is 9.10. The van der Waals surface area contributed by atoms with Gasteiger partial charge in [-0.2, -0.15) is 0 Å². The molecule has 1 aliphatic carbocycles. The third kappa shape index (κ3) is 5.23. The topological polar surface area (TPSA) is 70.2 Å². The van der Waals surface area contributed by atoms with E-state index in [1.807, 2.05) is 6.07 Å². The number of rotatable bonds is 3. The highest BCUT2D eigenvalue weighted by atomic mass is 79.9. The molecule has 0 spiro atoms. The molecule has 0 bridgehead atoms. The van der Waals surface area contributed by atoms with E-state index >= 15 is 0 Å². The molecule has 112 valence electrons. The quantitative estimate of drug-likeness (QED) is 0.579. The summed E-state index contributed by atoms with van der Waals surface area (Å²) >= 11 is 3.31. The van der Waals surface area contributed by atoms with E-state index in [1.54, 1.807) is 18.2 Å². The number of halogens is 1. The molecule has 0 saturated heterocycles. The monoisotopic (exact) mass is 351 g/mol. The lowest BCUT2D eigenvalue weighted by molar-refractivity contribution is -0.136. The zero-order valence-electron chi connectivity index (χ0n) is 11.6. The van der Waals surface area contributed by atoms with Crippen molar-refractivity contribution < 1.29 is 9.59 Å². The minimum Gasteiger partial charge on any atom is -0.318 e. The van der Waals surface area contributed by atoms with Crippen molar-refractivity contribution in [3.8, 4) is 0 Å². The maximum absolute atomic E-state index is 11.8. The molecule has 0 aliphatic heterocycles. The maximum Gasteiger partial charge on any atom is 0.327 e. The number of hydrogen-bond donors (Lipinski definition) is 3. The largest absolute Gasteiger partial charge is 0.327 e. The molecule has 6 heteroatoms. The highest BCUT2D eigenvalue weighted by Crippen LogP contribution is 2.16. The van der Waals surface area contributed by atoms with Crippen LogP contribution in [0.5, 0.6) is 0 Å². The summed E-state index contributed by atoms with van der Waals surface area (Å²) in [5.41, 5.74) is 6.80. The van der Waals surface area contributed by atoms with Gasteiger partial charge in [0.15, 0.2) is 0 Å². The fraction of sp³-hybridized carbons (Fsp3) is 0.333. The average Bonchev–Trinajstić information content (AvgIpc) is 2.73. The molecule has 2 rings (SSSR count). The molecule has 0 radical (unpaired) electrons. The first-order chi connectivity index (χ1) is 10.1. The first-order valence-electron chi connectivity index (χ1n) is 6.97. The van der Waals surface area contributed by atoms with Crippen LogP contribution in [0.2, 0.25) is 0 Å². The Morgan fingerprint density at radius 1 is 1.10 bits per heavy atom. The van der Waals surface area contributed by atoms with Crippen LogP contribution in [0.15, 0.2) is 40.5 Å². The number of nitrogens with one attached hydrogen (secondary N) is 3. The highest BCUT2D eigenvalue weighted by Gasteiger charge is 2.14. The van der Waals surface area contributed by atoms with Gasteiger partial charge < -0.3 is 10.7 Å². The van der Waals surface area contributed by atoms with Gasteiger partial charge in [-0.15, -0.1) is 0 Å². The Hall–Kier alpha value is -1.82. The van der Waals surface area contributed by atoms with Crippen LogP contribution in [-0.2, 0) is 9.59 Å². The summed E-state index contributed by atoms with van der Waals surface area (Å²) in [4.78, 5) is 23.5. The summed E-state index contributed by atoms with van der Waals surface area (Å²) in [5.74, 6) is -1.41. The van der Waals surface area contributed by atoms with Crippen molar-refractivity contribution in [3.05, 3.63) is 40.5 Å². The lowest BCUT2D eigenvalue weighted by Crippen LogP contribution is -2.43. The summed E-state index contributed by atoms with van der Waals surface area (Å²) in [6, 6.07) is 7.08. The number of carbonyl (C=O) groups excluding carboxylic acids is 2. The van der Waals surface area contributed by atoms with E-state index in [0.717, 1.165) is 29.4 Å². The molecule has 21 heavy (non-hydrogen) atoms. The van der Waals surface area contributed by atoms with Crippen LogP contribution in [0, 0.1) is 0 Å². The molecule has 0 unspecified atom stereocenters. The van der Waals surface area contributed by atoms with Gasteiger partial charge in [0, 0.05) is 15.9 Å². The van der Waals surface area contributed by atoms with Gasteiger partial charge in [0.1, 0.15) is 0 Å². The van der Waals surface area contributed by atoms with Crippen molar-refractivity contribution in [3.63, 3.8) is 0 Å². The van der Waals surface area contributed by atoms with E-state index in [2.05, 4.69) is 38.2 Å². The van der Waals surface area contributed by atoms with Crippen LogP contribution in [0.4, 0.5) is 5.69 Å². The molecule has 3 N–H and O–H groups in total. The Balaban J connectivity index is 1.82. The predicted molar refractivity (Wildman–Crippen MR) is 85.2 cm³/mol. The number of amides is 2. The second-order valence-corrected chi connectivity index (χ2v) is 5.79. The van der Waals surface area contributed by atoms with E-state index < -0.39 is 11.8 Å². The van der Waals surface area contributed by atoms with E-state index in [1.165, 1.54) is 12.8 Å². The van der Waals surface area contributed by atoms with Crippen LogP contribution in [0.1, 0.15) is 32.1 Å². The van der Waals surface area contributed by atoms with Gasteiger partial charge in [0.25, 0.3) is 0 Å². The Morgan fingerprint density at radius 3 is 2.76 bits per heavy atom. The predicted octanol–water partition coefficient (Wildman–Crippen LogP) is 2.86. The average molecular weight is 352 g/mol. The Bertz CT molecular complexity index is 558. The van der Waals surface area contributed by atoms with E-state index in [0.29, 0.717) is 5.69 Å². The zero-order valence-corrected chi connectivity index (χ0v) is 13.2. The van der Waals surface area contributed by atoms with Gasteiger partial charge in [0.05, 0.1) is 0 Å². The first kappa shape index (κ1) is 15.6. The molecule has 0 aromatic heterocycles. The van der Waals surface area contributed by atoms with Crippen LogP contribution in [0.3, 0.4) is 0 Å². The summed E-state index contributed by atoms with van der Waals surface area (Å²) in [7, 11) is 0. The molecule has 0 atom stereocenters. The fourth-order valence-electron chi connectivity index (χ4n) is 2.08. The third-order valence-electron chi connectivity index (χ3n) is 3.17. The fourth-order valence-corrected chi connectivity index (χ4v) is 2.48. The summed E-state index contributed by atoms with van der Waals surface area (Å²) in [6.07, 6.45) is 7.43. The van der Waals surface area contributed by atoms with E-state index in [4.69, 9.17) is 0 Å². The SMILES string of the molecule is O=C(NNC1=CCCCCC1)C(=O)Nc1cccc(Br)c1. The van der Waals surface area contributed by atoms with Crippen molar-refractivity contribution >= 4 is 33.4 Å². The second-order valence-electron chi connectivity index (χ2n) is 4.87. The second kappa shape index (κ2) is 7.83. The third-order valence-corrected chi connectivity index (χ3v) is 3.66. The van der Waals surface area contributed by atoms with E-state index in [9.17, 15) is 9.59 Å². The molecule has 1 aliphatic rings. The van der Waals surface area contributed by atoms with Crippen LogP contribution >= 0.6 is 15.9 Å². The van der Waals surface area contributed by atoms with Crippen LogP contribution in [0.25, 0.3) is 0 Å². The van der Waals surface area contributed by atoms with Crippen LogP contribution < -0.4 is 16.2 Å². The number of hydrazine groups is 1. The molecule has 2 amide bonds. The minimum atomic E-state index is -0.708. The van der Waals surface area contributed by atoms with Crippen molar-refractivity contribution in [2.75, 3.05) is 5.32 Å². The molecular formula is C15H18BrN3O2. The summed E-state index contributed by atoms with van der Waals surface area (Å²) in [5, 5.41) is 2.54. The van der Waals surface area contributed by atoms with Gasteiger partial charge in [-0.25, -0.2) is 0 Å². The zero-order chi connectivity index (χ0) is 15.1. The molecule has 0 fully saturated rings. The molecular weight excluding hydrogens is 334 g/mol. The standard InChI is InChI=1S/C15H18BrN3O2/c16-11-6-5-9-13(10-11)17-14(20)15(21)19-18-12-7-3-1-2-4-8-12/h5-7,9-10,18H,1-4,8H2,(H,17,20)(H,19,21). The number of carbonyl (C=O) groups is 2. The summed E-state index contributed by atoms with van der Waals surface area (Å²) < 4.78 is 0.836. The van der Waals surface area contributed by atoms with E-state index in [-0.39, 0.29) is 0 Å².